The van der Waals surface area contributed by atoms with Gasteiger partial charge in [0.05, 0.1) is 5.75 Å². The number of benzene rings is 1. The van der Waals surface area contributed by atoms with Crippen molar-refractivity contribution in [1.82, 2.24) is 5.32 Å². The summed E-state index contributed by atoms with van der Waals surface area (Å²) in [7, 11) is -3.31. The van der Waals surface area contributed by atoms with Crippen LogP contribution in [0.1, 0.15) is 17.5 Å². The van der Waals surface area contributed by atoms with E-state index in [1.165, 1.54) is 11.1 Å². The van der Waals surface area contributed by atoms with Crippen LogP contribution in [0.15, 0.2) is 24.3 Å². The van der Waals surface area contributed by atoms with E-state index in [0.717, 1.165) is 6.54 Å². The van der Waals surface area contributed by atoms with Gasteiger partial charge in [0.25, 0.3) is 0 Å². The summed E-state index contributed by atoms with van der Waals surface area (Å²) in [5, 5.41) is 8.06. The lowest BCUT2D eigenvalue weighted by molar-refractivity contribution is 0.590. The zero-order valence-electron chi connectivity index (χ0n) is 9.44. The maximum atomic E-state index is 10.7. The molecule has 0 heterocycles. The van der Waals surface area contributed by atoms with Gasteiger partial charge in [0, 0.05) is 6.54 Å². The van der Waals surface area contributed by atoms with Crippen LogP contribution in [-0.4, -0.2) is 20.7 Å². The number of nitrogens with two attached hydrogens (primary N) is 1. The Labute approximate surface area is 96.9 Å². The maximum Gasteiger partial charge on any atom is 0.209 e. The molecule has 3 N–H and O–H groups in total. The third-order valence-electron chi connectivity index (χ3n) is 2.23. The fourth-order valence-corrected chi connectivity index (χ4v) is 1.88. The molecule has 16 heavy (non-hydrogen) atoms. The van der Waals surface area contributed by atoms with Gasteiger partial charge in [0.15, 0.2) is 0 Å². The highest BCUT2D eigenvalue weighted by atomic mass is 32.2. The highest BCUT2D eigenvalue weighted by Gasteiger charge is 2.00. The van der Waals surface area contributed by atoms with E-state index in [0.29, 0.717) is 13.0 Å². The van der Waals surface area contributed by atoms with Crippen molar-refractivity contribution in [2.24, 2.45) is 5.14 Å². The summed E-state index contributed by atoms with van der Waals surface area (Å²) >= 11 is 0. The van der Waals surface area contributed by atoms with Gasteiger partial charge in [0.2, 0.25) is 10.0 Å². The fraction of sp³-hybridized carbons (Fsp3) is 0.455. The van der Waals surface area contributed by atoms with Gasteiger partial charge in [-0.3, -0.25) is 0 Å². The molecule has 90 valence electrons. The Morgan fingerprint density at radius 2 is 1.88 bits per heavy atom. The van der Waals surface area contributed by atoms with Crippen LogP contribution >= 0.6 is 0 Å². The van der Waals surface area contributed by atoms with E-state index in [-0.39, 0.29) is 5.75 Å². The molecule has 0 radical (unpaired) electrons. The van der Waals surface area contributed by atoms with Crippen LogP contribution in [0.25, 0.3) is 0 Å². The van der Waals surface area contributed by atoms with Crippen LogP contribution in [0.3, 0.4) is 0 Å². The summed E-state index contributed by atoms with van der Waals surface area (Å²) in [5.74, 6) is 0.0356. The standard InChI is InChI=1S/C11H18N2O2S/c1-10-3-5-11(6-4-10)9-13-7-2-8-16(12,14)15/h3-6,13H,2,7-9H2,1H3,(H2,12,14,15). The molecule has 5 heteroatoms. The molecule has 4 nitrogen and oxygen atoms in total. The second kappa shape index (κ2) is 5.98. The minimum atomic E-state index is -3.31. The first-order valence-electron chi connectivity index (χ1n) is 5.24. The molecule has 0 atom stereocenters. The number of rotatable bonds is 6. The number of aryl methyl sites for hydroxylation is 1. The lowest BCUT2D eigenvalue weighted by atomic mass is 10.1. The van der Waals surface area contributed by atoms with Crippen molar-refractivity contribution in [2.45, 2.75) is 19.9 Å². The first kappa shape index (κ1) is 13.2. The summed E-state index contributed by atoms with van der Waals surface area (Å²) in [6.07, 6.45) is 0.546. The lowest BCUT2D eigenvalue weighted by Gasteiger charge is -2.04. The number of hydrogen-bond acceptors (Lipinski definition) is 3. The van der Waals surface area contributed by atoms with Crippen molar-refractivity contribution in [1.29, 1.82) is 0 Å². The summed E-state index contributed by atoms with van der Waals surface area (Å²) in [5.41, 5.74) is 2.43. The van der Waals surface area contributed by atoms with Gasteiger partial charge < -0.3 is 5.32 Å². The normalized spacial score (nSPS) is 11.6. The number of hydrogen-bond donors (Lipinski definition) is 2. The second-order valence-corrected chi connectivity index (χ2v) is 5.62. The summed E-state index contributed by atoms with van der Waals surface area (Å²) in [6.45, 7) is 3.46. The molecule has 0 bridgehead atoms. The largest absolute Gasteiger partial charge is 0.313 e. The van der Waals surface area contributed by atoms with Crippen molar-refractivity contribution in [3.8, 4) is 0 Å². The molecule has 1 rings (SSSR count). The number of primary sulfonamides is 1. The quantitative estimate of drug-likeness (QED) is 0.723. The molecule has 0 aliphatic rings. The summed E-state index contributed by atoms with van der Waals surface area (Å²) in [4.78, 5) is 0. The van der Waals surface area contributed by atoms with Gasteiger partial charge in [-0.1, -0.05) is 29.8 Å². The second-order valence-electron chi connectivity index (χ2n) is 3.88. The van der Waals surface area contributed by atoms with Crippen LogP contribution in [0, 0.1) is 6.92 Å². The molecular weight excluding hydrogens is 224 g/mol. The third-order valence-corrected chi connectivity index (χ3v) is 3.09. The SMILES string of the molecule is Cc1ccc(CNCCCS(N)(=O)=O)cc1. The van der Waals surface area contributed by atoms with Crippen molar-refractivity contribution < 1.29 is 8.42 Å². The minimum Gasteiger partial charge on any atom is -0.313 e. The highest BCUT2D eigenvalue weighted by Crippen LogP contribution is 2.02. The van der Waals surface area contributed by atoms with E-state index in [1.807, 2.05) is 6.92 Å². The Hall–Kier alpha value is -0.910. The van der Waals surface area contributed by atoms with E-state index >= 15 is 0 Å². The zero-order chi connectivity index (χ0) is 12.0. The van der Waals surface area contributed by atoms with Crippen LogP contribution < -0.4 is 10.5 Å². The van der Waals surface area contributed by atoms with Gasteiger partial charge in [-0.2, -0.15) is 0 Å². The Morgan fingerprint density at radius 3 is 2.44 bits per heavy atom. The van der Waals surface area contributed by atoms with Crippen LogP contribution in [0.4, 0.5) is 0 Å². The van der Waals surface area contributed by atoms with E-state index in [1.54, 1.807) is 0 Å². The minimum absolute atomic E-state index is 0.0356. The topological polar surface area (TPSA) is 72.2 Å². The Balaban J connectivity index is 2.19. The average molecular weight is 242 g/mol. The third kappa shape index (κ3) is 5.85. The molecule has 0 unspecified atom stereocenters. The van der Waals surface area contributed by atoms with E-state index < -0.39 is 10.0 Å². The molecular formula is C11H18N2O2S. The average Bonchev–Trinajstić information content (AvgIpc) is 2.19. The van der Waals surface area contributed by atoms with E-state index in [2.05, 4.69) is 29.6 Å². The highest BCUT2D eigenvalue weighted by molar-refractivity contribution is 7.89. The molecule has 0 aliphatic carbocycles. The zero-order valence-corrected chi connectivity index (χ0v) is 10.3. The number of sulfonamides is 1. The summed E-state index contributed by atoms with van der Waals surface area (Å²) in [6, 6.07) is 8.23. The fourth-order valence-electron chi connectivity index (χ4n) is 1.34. The van der Waals surface area contributed by atoms with Crippen molar-refractivity contribution in [3.63, 3.8) is 0 Å². The molecule has 0 aromatic heterocycles. The number of nitrogens with one attached hydrogen (secondary N) is 1. The molecule has 1 aromatic carbocycles. The smallest absolute Gasteiger partial charge is 0.209 e. The van der Waals surface area contributed by atoms with Crippen LogP contribution in [-0.2, 0) is 16.6 Å². The molecule has 0 saturated heterocycles. The van der Waals surface area contributed by atoms with Crippen molar-refractivity contribution in [3.05, 3.63) is 35.4 Å². The Morgan fingerprint density at radius 1 is 1.25 bits per heavy atom. The molecule has 0 aliphatic heterocycles. The Bertz CT molecular complexity index is 412. The van der Waals surface area contributed by atoms with Gasteiger partial charge in [-0.25, -0.2) is 13.6 Å². The van der Waals surface area contributed by atoms with E-state index in [9.17, 15) is 8.42 Å². The predicted octanol–water partition coefficient (Wildman–Crippen LogP) is 0.763. The van der Waals surface area contributed by atoms with Crippen molar-refractivity contribution >= 4 is 10.0 Å². The van der Waals surface area contributed by atoms with Crippen LogP contribution in [0.2, 0.25) is 0 Å². The molecule has 1 aromatic rings. The Kier molecular flexibility index (Phi) is 4.92. The van der Waals surface area contributed by atoms with Gasteiger partial charge in [-0.15, -0.1) is 0 Å². The summed E-state index contributed by atoms with van der Waals surface area (Å²) < 4.78 is 21.3. The van der Waals surface area contributed by atoms with Gasteiger partial charge >= 0.3 is 0 Å². The van der Waals surface area contributed by atoms with Crippen molar-refractivity contribution in [2.75, 3.05) is 12.3 Å². The molecule has 0 spiro atoms. The predicted molar refractivity (Wildman–Crippen MR) is 65.5 cm³/mol. The first-order valence-corrected chi connectivity index (χ1v) is 6.96. The van der Waals surface area contributed by atoms with E-state index in [4.69, 9.17) is 5.14 Å². The molecule has 0 saturated carbocycles. The molecule has 0 amide bonds. The van der Waals surface area contributed by atoms with Crippen LogP contribution in [0.5, 0.6) is 0 Å². The van der Waals surface area contributed by atoms with Gasteiger partial charge in [-0.05, 0) is 25.5 Å². The first-order chi connectivity index (χ1) is 7.47. The van der Waals surface area contributed by atoms with Gasteiger partial charge in [0.1, 0.15) is 0 Å². The maximum absolute atomic E-state index is 10.7. The lowest BCUT2D eigenvalue weighted by Crippen LogP contribution is -2.22. The molecule has 0 fully saturated rings. The monoisotopic (exact) mass is 242 g/mol.